The number of hydrogen-bond acceptors (Lipinski definition) is 3. The van der Waals surface area contributed by atoms with Crippen molar-refractivity contribution in [3.05, 3.63) is 34.6 Å². The van der Waals surface area contributed by atoms with Gasteiger partial charge in [0.1, 0.15) is 5.82 Å². The molecule has 1 aliphatic rings. The summed E-state index contributed by atoms with van der Waals surface area (Å²) in [4.78, 5) is 14.0. The van der Waals surface area contributed by atoms with Crippen molar-refractivity contribution < 1.29 is 13.9 Å². The Morgan fingerprint density at radius 1 is 1.53 bits per heavy atom. The third-order valence-corrected chi connectivity index (χ3v) is 3.79. The molecule has 0 amide bonds. The normalized spacial score (nSPS) is 23.6. The van der Waals surface area contributed by atoms with E-state index in [0.29, 0.717) is 30.3 Å². The highest BCUT2D eigenvalue weighted by Gasteiger charge is 2.40. The second-order valence-corrected chi connectivity index (χ2v) is 5.23. The number of hydrogen-bond donors (Lipinski definition) is 0. The highest BCUT2D eigenvalue weighted by atomic mass is 35.5. The molecule has 0 N–H and O–H groups in total. The molecule has 0 aliphatic carbocycles. The Kier molecular flexibility index (Phi) is 4.42. The highest BCUT2D eigenvalue weighted by Crippen LogP contribution is 2.37. The van der Waals surface area contributed by atoms with Gasteiger partial charge in [0.25, 0.3) is 0 Å². The van der Waals surface area contributed by atoms with Gasteiger partial charge in [0, 0.05) is 29.6 Å². The fraction of sp³-hybridized carbons (Fsp3) is 0.500. The third kappa shape index (κ3) is 2.90. The first-order chi connectivity index (χ1) is 9.04. The molecular weight excluding hydrogens is 269 g/mol. The number of likely N-dealkylation sites (N-methyl/N-ethyl adjacent to an activating group) is 1. The molecule has 19 heavy (non-hydrogen) atoms. The molecule has 0 bridgehead atoms. The quantitative estimate of drug-likeness (QED) is 0.800. The van der Waals surface area contributed by atoms with Gasteiger partial charge in [0.05, 0.1) is 12.5 Å². The van der Waals surface area contributed by atoms with Gasteiger partial charge >= 0.3 is 5.97 Å². The van der Waals surface area contributed by atoms with Crippen molar-refractivity contribution in [1.82, 2.24) is 4.90 Å². The number of nitrogens with zero attached hydrogens (tertiary/aromatic N) is 1. The minimum atomic E-state index is -0.362. The van der Waals surface area contributed by atoms with E-state index in [1.165, 1.54) is 6.07 Å². The minimum absolute atomic E-state index is 0.252. The topological polar surface area (TPSA) is 29.5 Å². The van der Waals surface area contributed by atoms with Crippen LogP contribution >= 0.6 is 11.6 Å². The standard InChI is InChI=1S/C14H17ClFNO2/c1-3-19-14(18)10-8-17(2)7-9(10)13-11(15)5-4-6-12(13)16/h4-6,9-10H,3,7-8H2,1-2H3. The van der Waals surface area contributed by atoms with E-state index in [2.05, 4.69) is 0 Å². The lowest BCUT2D eigenvalue weighted by Crippen LogP contribution is -2.25. The van der Waals surface area contributed by atoms with Crippen LogP contribution in [0.2, 0.25) is 5.02 Å². The van der Waals surface area contributed by atoms with E-state index in [1.54, 1.807) is 19.1 Å². The third-order valence-electron chi connectivity index (χ3n) is 3.46. The largest absolute Gasteiger partial charge is 0.466 e. The maximum Gasteiger partial charge on any atom is 0.310 e. The van der Waals surface area contributed by atoms with Crippen LogP contribution in [-0.2, 0) is 9.53 Å². The van der Waals surface area contributed by atoms with Crippen LogP contribution in [0.5, 0.6) is 0 Å². The zero-order valence-electron chi connectivity index (χ0n) is 11.0. The van der Waals surface area contributed by atoms with Crippen molar-refractivity contribution in [2.24, 2.45) is 5.92 Å². The molecule has 1 aromatic carbocycles. The molecule has 1 aromatic rings. The second kappa shape index (κ2) is 5.88. The molecule has 2 unspecified atom stereocenters. The van der Waals surface area contributed by atoms with Gasteiger partial charge < -0.3 is 9.64 Å². The molecular formula is C14H17ClFNO2. The molecule has 0 saturated carbocycles. The Morgan fingerprint density at radius 2 is 2.26 bits per heavy atom. The van der Waals surface area contributed by atoms with Crippen molar-refractivity contribution in [3.8, 4) is 0 Å². The maximum atomic E-state index is 14.0. The van der Waals surface area contributed by atoms with Crippen LogP contribution in [0.1, 0.15) is 18.4 Å². The zero-order chi connectivity index (χ0) is 14.0. The smallest absolute Gasteiger partial charge is 0.310 e. The molecule has 5 heteroatoms. The van der Waals surface area contributed by atoms with Crippen molar-refractivity contribution in [2.75, 3.05) is 26.7 Å². The first-order valence-corrected chi connectivity index (χ1v) is 6.71. The summed E-state index contributed by atoms with van der Waals surface area (Å²) in [6.45, 7) is 3.26. The van der Waals surface area contributed by atoms with Crippen molar-refractivity contribution in [1.29, 1.82) is 0 Å². The van der Waals surface area contributed by atoms with E-state index >= 15 is 0 Å². The van der Waals surface area contributed by atoms with E-state index in [-0.39, 0.29) is 23.6 Å². The van der Waals surface area contributed by atoms with Crippen LogP contribution in [0.25, 0.3) is 0 Å². The summed E-state index contributed by atoms with van der Waals surface area (Å²) in [5, 5.41) is 0.370. The van der Waals surface area contributed by atoms with E-state index in [0.717, 1.165) is 0 Å². The predicted molar refractivity (Wildman–Crippen MR) is 71.8 cm³/mol. The van der Waals surface area contributed by atoms with E-state index in [4.69, 9.17) is 16.3 Å². The number of rotatable bonds is 3. The Morgan fingerprint density at radius 3 is 2.89 bits per heavy atom. The SMILES string of the molecule is CCOC(=O)C1CN(C)CC1c1c(F)cccc1Cl. The number of carbonyl (C=O) groups excluding carboxylic acids is 1. The summed E-state index contributed by atoms with van der Waals surface area (Å²) < 4.78 is 19.1. The Hall–Kier alpha value is -1.13. The lowest BCUT2D eigenvalue weighted by Gasteiger charge is -2.19. The summed E-state index contributed by atoms with van der Waals surface area (Å²) in [5.41, 5.74) is 0.423. The van der Waals surface area contributed by atoms with Crippen LogP contribution < -0.4 is 0 Å². The monoisotopic (exact) mass is 285 g/mol. The Bertz CT molecular complexity index is 460. The van der Waals surface area contributed by atoms with Crippen LogP contribution in [0.3, 0.4) is 0 Å². The second-order valence-electron chi connectivity index (χ2n) is 4.82. The van der Waals surface area contributed by atoms with Gasteiger partial charge in [-0.15, -0.1) is 0 Å². The fourth-order valence-corrected chi connectivity index (χ4v) is 2.95. The first kappa shape index (κ1) is 14.3. The van der Waals surface area contributed by atoms with Crippen LogP contribution in [0.4, 0.5) is 4.39 Å². The first-order valence-electron chi connectivity index (χ1n) is 6.33. The number of likely N-dealkylation sites (tertiary alicyclic amines) is 1. The summed E-state index contributed by atoms with van der Waals surface area (Å²) in [6.07, 6.45) is 0. The van der Waals surface area contributed by atoms with Gasteiger partial charge in [0.15, 0.2) is 0 Å². The van der Waals surface area contributed by atoms with Gasteiger partial charge in [-0.05, 0) is 26.1 Å². The van der Waals surface area contributed by atoms with Gasteiger partial charge in [-0.3, -0.25) is 4.79 Å². The van der Waals surface area contributed by atoms with Crippen LogP contribution in [0, 0.1) is 11.7 Å². The van der Waals surface area contributed by atoms with Gasteiger partial charge in [-0.1, -0.05) is 17.7 Å². The van der Waals surface area contributed by atoms with E-state index < -0.39 is 0 Å². The molecule has 3 nitrogen and oxygen atoms in total. The molecule has 1 heterocycles. The molecule has 0 aromatic heterocycles. The molecule has 104 valence electrons. The molecule has 2 rings (SSSR count). The van der Waals surface area contributed by atoms with Crippen LogP contribution in [0.15, 0.2) is 18.2 Å². The molecule has 1 saturated heterocycles. The zero-order valence-corrected chi connectivity index (χ0v) is 11.8. The van der Waals surface area contributed by atoms with Gasteiger partial charge in [0.2, 0.25) is 0 Å². The number of esters is 1. The minimum Gasteiger partial charge on any atom is -0.466 e. The van der Waals surface area contributed by atoms with E-state index in [9.17, 15) is 9.18 Å². The summed E-state index contributed by atoms with van der Waals surface area (Å²) in [7, 11) is 1.90. The highest BCUT2D eigenvalue weighted by molar-refractivity contribution is 6.31. The maximum absolute atomic E-state index is 14.0. The predicted octanol–water partition coefficient (Wildman–Crippen LogP) is 2.69. The number of carbonyl (C=O) groups is 1. The molecule has 0 spiro atoms. The van der Waals surface area contributed by atoms with Crippen molar-refractivity contribution in [3.63, 3.8) is 0 Å². The van der Waals surface area contributed by atoms with E-state index in [1.807, 2.05) is 11.9 Å². The number of halogens is 2. The molecule has 1 fully saturated rings. The number of benzene rings is 1. The summed E-state index contributed by atoms with van der Waals surface area (Å²) in [6, 6.07) is 4.60. The van der Waals surface area contributed by atoms with Gasteiger partial charge in [-0.2, -0.15) is 0 Å². The average molecular weight is 286 g/mol. The summed E-state index contributed by atoms with van der Waals surface area (Å²) >= 11 is 6.09. The Balaban J connectivity index is 2.33. The Labute approximate surface area is 117 Å². The lowest BCUT2D eigenvalue weighted by atomic mass is 9.88. The van der Waals surface area contributed by atoms with Crippen LogP contribution in [-0.4, -0.2) is 37.6 Å². The number of ether oxygens (including phenoxy) is 1. The lowest BCUT2D eigenvalue weighted by molar-refractivity contribution is -0.148. The fourth-order valence-electron chi connectivity index (χ4n) is 2.65. The van der Waals surface area contributed by atoms with Crippen molar-refractivity contribution in [2.45, 2.75) is 12.8 Å². The molecule has 1 aliphatic heterocycles. The average Bonchev–Trinajstić information content (AvgIpc) is 2.71. The molecule has 2 atom stereocenters. The van der Waals surface area contributed by atoms with Crippen molar-refractivity contribution >= 4 is 17.6 Å². The van der Waals surface area contributed by atoms with Gasteiger partial charge in [-0.25, -0.2) is 4.39 Å². The molecule has 0 radical (unpaired) electrons. The summed E-state index contributed by atoms with van der Waals surface area (Å²) in [5.74, 6) is -1.25.